The van der Waals surface area contributed by atoms with Crippen molar-refractivity contribution in [1.82, 2.24) is 10.6 Å². The van der Waals surface area contributed by atoms with Crippen molar-refractivity contribution in [2.45, 2.75) is 33.1 Å². The summed E-state index contributed by atoms with van der Waals surface area (Å²) in [4.78, 5) is 4.57. The standard InChI is InChI=1S/C19H33N3O3/c1-4-20-19(21-13-6-7-15-24-5-2)22-14-8-16-25-18-11-9-17(23-3)10-12-18/h9-12H,4-8,13-16H2,1-3H3,(H2,20,21,22). The molecule has 142 valence electrons. The Morgan fingerprint density at radius 2 is 1.72 bits per heavy atom. The minimum Gasteiger partial charge on any atom is -0.497 e. The number of ether oxygens (including phenoxy) is 3. The van der Waals surface area contributed by atoms with Crippen LogP contribution < -0.4 is 20.1 Å². The smallest absolute Gasteiger partial charge is 0.191 e. The third-order valence-electron chi connectivity index (χ3n) is 3.46. The van der Waals surface area contributed by atoms with E-state index in [4.69, 9.17) is 14.2 Å². The van der Waals surface area contributed by atoms with E-state index in [1.54, 1.807) is 7.11 Å². The largest absolute Gasteiger partial charge is 0.497 e. The van der Waals surface area contributed by atoms with E-state index in [0.717, 1.165) is 69.6 Å². The predicted octanol–water partition coefficient (Wildman–Crippen LogP) is 2.84. The molecule has 1 rings (SSSR count). The van der Waals surface area contributed by atoms with Gasteiger partial charge in [0.15, 0.2) is 5.96 Å². The van der Waals surface area contributed by atoms with E-state index in [1.165, 1.54) is 0 Å². The molecule has 6 nitrogen and oxygen atoms in total. The van der Waals surface area contributed by atoms with Crippen LogP contribution in [0.25, 0.3) is 0 Å². The number of hydrogen-bond donors (Lipinski definition) is 2. The van der Waals surface area contributed by atoms with Crippen LogP contribution in [0.4, 0.5) is 0 Å². The molecule has 2 N–H and O–H groups in total. The molecule has 0 amide bonds. The lowest BCUT2D eigenvalue weighted by molar-refractivity contribution is 0.143. The van der Waals surface area contributed by atoms with Crippen molar-refractivity contribution in [2.75, 3.05) is 46.6 Å². The minimum atomic E-state index is 0.642. The van der Waals surface area contributed by atoms with Crippen LogP contribution in [-0.2, 0) is 4.74 Å². The molecule has 25 heavy (non-hydrogen) atoms. The fourth-order valence-electron chi connectivity index (χ4n) is 2.14. The Balaban J connectivity index is 2.18. The van der Waals surface area contributed by atoms with Gasteiger partial charge >= 0.3 is 0 Å². The lowest BCUT2D eigenvalue weighted by Crippen LogP contribution is -2.38. The van der Waals surface area contributed by atoms with Gasteiger partial charge in [-0.3, -0.25) is 4.99 Å². The van der Waals surface area contributed by atoms with Crippen molar-refractivity contribution >= 4 is 5.96 Å². The summed E-state index contributed by atoms with van der Waals surface area (Å²) in [5.74, 6) is 2.55. The summed E-state index contributed by atoms with van der Waals surface area (Å²) in [6.45, 7) is 8.83. The van der Waals surface area contributed by atoms with Crippen LogP contribution >= 0.6 is 0 Å². The van der Waals surface area contributed by atoms with Crippen molar-refractivity contribution in [3.63, 3.8) is 0 Å². The van der Waals surface area contributed by atoms with Crippen LogP contribution in [0.1, 0.15) is 33.1 Å². The number of unbranched alkanes of at least 4 members (excludes halogenated alkanes) is 1. The molecule has 0 aliphatic carbocycles. The van der Waals surface area contributed by atoms with Gasteiger partial charge in [0.2, 0.25) is 0 Å². The Hall–Kier alpha value is -1.95. The van der Waals surface area contributed by atoms with Gasteiger partial charge in [-0.25, -0.2) is 0 Å². The summed E-state index contributed by atoms with van der Waals surface area (Å²) < 4.78 is 16.2. The highest BCUT2D eigenvalue weighted by atomic mass is 16.5. The van der Waals surface area contributed by atoms with Crippen molar-refractivity contribution in [3.05, 3.63) is 24.3 Å². The molecule has 0 unspecified atom stereocenters. The van der Waals surface area contributed by atoms with Crippen LogP contribution in [0.3, 0.4) is 0 Å². The maximum Gasteiger partial charge on any atom is 0.191 e. The third kappa shape index (κ3) is 10.5. The minimum absolute atomic E-state index is 0.642. The first-order chi connectivity index (χ1) is 12.3. The van der Waals surface area contributed by atoms with E-state index in [1.807, 2.05) is 31.2 Å². The molecule has 0 heterocycles. The van der Waals surface area contributed by atoms with Crippen LogP contribution in [0.5, 0.6) is 11.5 Å². The average molecular weight is 351 g/mol. The number of aliphatic imine (C=N–C) groups is 1. The number of rotatable bonds is 13. The van der Waals surface area contributed by atoms with Gasteiger partial charge in [0.1, 0.15) is 11.5 Å². The summed E-state index contributed by atoms with van der Waals surface area (Å²) in [7, 11) is 1.66. The Labute approximate surface area is 152 Å². The summed E-state index contributed by atoms with van der Waals surface area (Å²) in [6, 6.07) is 7.62. The number of benzene rings is 1. The number of nitrogens with zero attached hydrogens (tertiary/aromatic N) is 1. The topological polar surface area (TPSA) is 64.1 Å². The molecule has 0 fully saturated rings. The lowest BCUT2D eigenvalue weighted by Gasteiger charge is -2.11. The predicted molar refractivity (Wildman–Crippen MR) is 103 cm³/mol. The second kappa shape index (κ2) is 14.4. The van der Waals surface area contributed by atoms with Crippen molar-refractivity contribution < 1.29 is 14.2 Å². The quantitative estimate of drug-likeness (QED) is 0.325. The van der Waals surface area contributed by atoms with Gasteiger partial charge in [0.05, 0.1) is 13.7 Å². The summed E-state index contributed by atoms with van der Waals surface area (Å²) in [5, 5.41) is 6.61. The second-order valence-electron chi connectivity index (χ2n) is 5.47. The Kier molecular flexibility index (Phi) is 12.1. The third-order valence-corrected chi connectivity index (χ3v) is 3.46. The number of guanidine groups is 1. The van der Waals surface area contributed by atoms with Crippen LogP contribution in [0.15, 0.2) is 29.3 Å². The van der Waals surface area contributed by atoms with Gasteiger partial charge in [-0.05, 0) is 51.0 Å². The van der Waals surface area contributed by atoms with Crippen molar-refractivity contribution in [3.8, 4) is 11.5 Å². The highest BCUT2D eigenvalue weighted by molar-refractivity contribution is 5.79. The first-order valence-electron chi connectivity index (χ1n) is 9.17. The van der Waals surface area contributed by atoms with E-state index in [9.17, 15) is 0 Å². The van der Waals surface area contributed by atoms with Gasteiger partial charge < -0.3 is 24.8 Å². The zero-order valence-corrected chi connectivity index (χ0v) is 15.8. The average Bonchev–Trinajstić information content (AvgIpc) is 2.64. The van der Waals surface area contributed by atoms with Crippen LogP contribution in [0, 0.1) is 0 Å². The number of methoxy groups -OCH3 is 1. The molecule has 0 saturated heterocycles. The molecule has 0 aromatic heterocycles. The summed E-state index contributed by atoms with van der Waals surface area (Å²) >= 11 is 0. The fraction of sp³-hybridized carbons (Fsp3) is 0.632. The van der Waals surface area contributed by atoms with Crippen molar-refractivity contribution in [1.29, 1.82) is 0 Å². The zero-order valence-electron chi connectivity index (χ0n) is 15.8. The molecule has 0 aliphatic rings. The van der Waals surface area contributed by atoms with Gasteiger partial charge in [-0.15, -0.1) is 0 Å². The van der Waals surface area contributed by atoms with Gasteiger partial charge in [-0.1, -0.05) is 0 Å². The summed E-state index contributed by atoms with van der Waals surface area (Å²) in [6.07, 6.45) is 3.01. The highest BCUT2D eigenvalue weighted by Gasteiger charge is 1.98. The Bertz CT molecular complexity index is 463. The Morgan fingerprint density at radius 3 is 2.40 bits per heavy atom. The zero-order chi connectivity index (χ0) is 18.2. The maximum absolute atomic E-state index is 5.70. The molecule has 0 saturated carbocycles. The first-order valence-corrected chi connectivity index (χ1v) is 9.17. The molecule has 6 heteroatoms. The van der Waals surface area contributed by atoms with E-state index in [-0.39, 0.29) is 0 Å². The van der Waals surface area contributed by atoms with Gasteiger partial charge in [0.25, 0.3) is 0 Å². The van der Waals surface area contributed by atoms with Crippen LogP contribution in [-0.4, -0.2) is 52.5 Å². The molecular weight excluding hydrogens is 318 g/mol. The highest BCUT2D eigenvalue weighted by Crippen LogP contribution is 2.16. The fourth-order valence-corrected chi connectivity index (χ4v) is 2.14. The molecule has 0 spiro atoms. The van der Waals surface area contributed by atoms with E-state index in [2.05, 4.69) is 22.5 Å². The molecule has 1 aromatic rings. The van der Waals surface area contributed by atoms with E-state index in [0.29, 0.717) is 6.61 Å². The van der Waals surface area contributed by atoms with E-state index < -0.39 is 0 Å². The summed E-state index contributed by atoms with van der Waals surface area (Å²) in [5.41, 5.74) is 0. The number of nitrogens with one attached hydrogen (secondary N) is 2. The molecule has 0 atom stereocenters. The van der Waals surface area contributed by atoms with Gasteiger partial charge in [-0.2, -0.15) is 0 Å². The lowest BCUT2D eigenvalue weighted by atomic mass is 10.3. The maximum atomic E-state index is 5.70. The van der Waals surface area contributed by atoms with Gasteiger partial charge in [0, 0.05) is 39.3 Å². The molecule has 0 aliphatic heterocycles. The van der Waals surface area contributed by atoms with Crippen molar-refractivity contribution in [2.24, 2.45) is 4.99 Å². The first kappa shape index (κ1) is 21.1. The monoisotopic (exact) mass is 351 g/mol. The molecular formula is C19H33N3O3. The molecule has 0 bridgehead atoms. The molecule has 0 radical (unpaired) electrons. The number of hydrogen-bond acceptors (Lipinski definition) is 4. The van der Waals surface area contributed by atoms with E-state index >= 15 is 0 Å². The SMILES string of the molecule is CCNC(=NCCCOc1ccc(OC)cc1)NCCCCOCC. The normalized spacial score (nSPS) is 11.2. The Morgan fingerprint density at radius 1 is 0.960 bits per heavy atom. The second-order valence-corrected chi connectivity index (χ2v) is 5.47. The molecule has 1 aromatic carbocycles. The van der Waals surface area contributed by atoms with Crippen LogP contribution in [0.2, 0.25) is 0 Å².